The molecule has 3 N–H and O–H groups in total. The second-order valence-corrected chi connectivity index (χ2v) is 9.57. The maximum absolute atomic E-state index is 12.8. The summed E-state index contributed by atoms with van der Waals surface area (Å²) in [6.45, 7) is 4.52. The molecule has 35 heavy (non-hydrogen) atoms. The Kier molecular flexibility index (Phi) is 7.40. The molecule has 0 saturated carbocycles. The predicted molar refractivity (Wildman–Crippen MR) is 130 cm³/mol. The molecule has 2 aromatic rings. The first-order valence-electron chi connectivity index (χ1n) is 12.0. The van der Waals surface area contributed by atoms with E-state index in [1.807, 2.05) is 38.1 Å². The van der Waals surface area contributed by atoms with Crippen LogP contribution in [0.3, 0.4) is 0 Å². The molecule has 1 fully saturated rings. The number of benzene rings is 2. The van der Waals surface area contributed by atoms with Crippen LogP contribution < -0.4 is 10.6 Å². The summed E-state index contributed by atoms with van der Waals surface area (Å²) in [4.78, 5) is 37.3. The van der Waals surface area contributed by atoms with Gasteiger partial charge in [-0.1, -0.05) is 62.4 Å². The predicted octanol–water partition coefficient (Wildman–Crippen LogP) is 3.69. The molecular formula is C27H32N2O6. The van der Waals surface area contributed by atoms with Crippen molar-refractivity contribution >= 4 is 18.0 Å². The number of alkyl carbamates (subject to hydrolysis) is 1. The highest BCUT2D eigenvalue weighted by Gasteiger charge is 2.42. The molecule has 2 aliphatic rings. The summed E-state index contributed by atoms with van der Waals surface area (Å²) in [7, 11) is 0. The van der Waals surface area contributed by atoms with Crippen molar-refractivity contribution < 1.29 is 29.0 Å². The maximum Gasteiger partial charge on any atom is 0.407 e. The fourth-order valence-corrected chi connectivity index (χ4v) is 4.87. The number of carbonyl (C=O) groups excluding carboxylic acids is 2. The van der Waals surface area contributed by atoms with Crippen LogP contribution in [0.25, 0.3) is 11.1 Å². The maximum atomic E-state index is 12.8. The standard InChI is InChI=1S/C27H32N2O6/c1-17(2)23(15-24(30)29-27(25(31)32)11-13-34-14-12-27)28-26(33)35-16-22-20-9-5-3-7-18(20)19-8-4-6-10-21(19)22/h3-10,17,22-23H,11-16H2,1-2H3,(H,28,33)(H,29,30)(H,31,32)/t23-/m1/s1. The SMILES string of the molecule is CC(C)[C@@H](CC(=O)NC1(C(=O)O)CCOCC1)NC(=O)OCC1c2ccccc2-c2ccccc21. The van der Waals surface area contributed by atoms with Crippen LogP contribution in [-0.4, -0.2) is 54.5 Å². The van der Waals surface area contributed by atoms with Crippen LogP contribution in [0.1, 0.15) is 50.2 Å². The van der Waals surface area contributed by atoms with Crippen LogP contribution in [0.15, 0.2) is 48.5 Å². The van der Waals surface area contributed by atoms with Crippen LogP contribution in [0, 0.1) is 5.92 Å². The highest BCUT2D eigenvalue weighted by molar-refractivity contribution is 5.87. The molecule has 1 atom stereocenters. The fourth-order valence-electron chi connectivity index (χ4n) is 4.87. The number of carboxylic acid groups (broad SMARTS) is 1. The number of nitrogens with one attached hydrogen (secondary N) is 2. The van der Waals surface area contributed by atoms with Gasteiger partial charge in [-0.3, -0.25) is 4.79 Å². The van der Waals surface area contributed by atoms with E-state index in [2.05, 4.69) is 34.9 Å². The lowest BCUT2D eigenvalue weighted by atomic mass is 9.89. The summed E-state index contributed by atoms with van der Waals surface area (Å²) in [5.41, 5.74) is 3.21. The quantitative estimate of drug-likeness (QED) is 0.531. The van der Waals surface area contributed by atoms with Gasteiger partial charge in [0.15, 0.2) is 0 Å². The third kappa shape index (κ3) is 5.32. The van der Waals surface area contributed by atoms with Gasteiger partial charge in [0.05, 0.1) is 0 Å². The third-order valence-electron chi connectivity index (χ3n) is 6.99. The molecule has 1 saturated heterocycles. The molecule has 8 heteroatoms. The van der Waals surface area contributed by atoms with Gasteiger partial charge in [0.25, 0.3) is 0 Å². The Labute approximate surface area is 205 Å². The van der Waals surface area contributed by atoms with Crippen molar-refractivity contribution in [3.63, 3.8) is 0 Å². The van der Waals surface area contributed by atoms with E-state index in [1.165, 1.54) is 0 Å². The van der Waals surface area contributed by atoms with E-state index in [0.717, 1.165) is 22.3 Å². The van der Waals surface area contributed by atoms with E-state index in [9.17, 15) is 19.5 Å². The summed E-state index contributed by atoms with van der Waals surface area (Å²) in [6, 6.07) is 15.7. The topological polar surface area (TPSA) is 114 Å². The third-order valence-corrected chi connectivity index (χ3v) is 6.99. The highest BCUT2D eigenvalue weighted by atomic mass is 16.5. The van der Waals surface area contributed by atoms with Crippen LogP contribution in [0.4, 0.5) is 4.79 Å². The molecule has 1 aliphatic heterocycles. The molecular weight excluding hydrogens is 448 g/mol. The molecule has 4 rings (SSSR count). The molecule has 2 amide bonds. The van der Waals surface area contributed by atoms with Crippen LogP contribution in [-0.2, 0) is 19.1 Å². The lowest BCUT2D eigenvalue weighted by Crippen LogP contribution is -2.58. The molecule has 1 heterocycles. The van der Waals surface area contributed by atoms with E-state index in [1.54, 1.807) is 0 Å². The summed E-state index contributed by atoms with van der Waals surface area (Å²) in [5, 5.41) is 15.2. The van der Waals surface area contributed by atoms with Crippen molar-refractivity contribution in [3.05, 3.63) is 59.7 Å². The zero-order valence-corrected chi connectivity index (χ0v) is 20.1. The first kappa shape index (κ1) is 24.7. The first-order valence-corrected chi connectivity index (χ1v) is 12.0. The van der Waals surface area contributed by atoms with Crippen LogP contribution in [0.2, 0.25) is 0 Å². The average molecular weight is 481 g/mol. The van der Waals surface area contributed by atoms with Crippen molar-refractivity contribution in [2.24, 2.45) is 5.92 Å². The zero-order valence-electron chi connectivity index (χ0n) is 20.1. The summed E-state index contributed by atoms with van der Waals surface area (Å²) in [6.07, 6.45) is -0.226. The Balaban J connectivity index is 1.37. The van der Waals surface area contributed by atoms with Crippen molar-refractivity contribution in [2.75, 3.05) is 19.8 Å². The van der Waals surface area contributed by atoms with Crippen molar-refractivity contribution in [1.82, 2.24) is 10.6 Å². The molecule has 1 aliphatic carbocycles. The molecule has 0 bridgehead atoms. The number of carbonyl (C=O) groups is 3. The summed E-state index contributed by atoms with van der Waals surface area (Å²) in [5.74, 6) is -1.61. The van der Waals surface area contributed by atoms with Gasteiger partial charge in [-0.15, -0.1) is 0 Å². The molecule has 186 valence electrons. The number of carboxylic acids is 1. The first-order chi connectivity index (χ1) is 16.8. The molecule has 8 nitrogen and oxygen atoms in total. The Morgan fingerprint density at radius 3 is 2.14 bits per heavy atom. The fraction of sp³-hybridized carbons (Fsp3) is 0.444. The Bertz CT molecular complexity index is 1050. The molecule has 0 unspecified atom stereocenters. The van der Waals surface area contributed by atoms with Crippen molar-refractivity contribution in [1.29, 1.82) is 0 Å². The minimum Gasteiger partial charge on any atom is -0.480 e. The number of fused-ring (bicyclic) bond motifs is 3. The van der Waals surface area contributed by atoms with Gasteiger partial charge < -0.3 is 25.2 Å². The van der Waals surface area contributed by atoms with Gasteiger partial charge in [0.1, 0.15) is 12.1 Å². The summed E-state index contributed by atoms with van der Waals surface area (Å²) < 4.78 is 10.9. The van der Waals surface area contributed by atoms with Crippen molar-refractivity contribution in [3.8, 4) is 11.1 Å². The Hall–Kier alpha value is -3.39. The minimum absolute atomic E-state index is 0.0439. The smallest absolute Gasteiger partial charge is 0.407 e. The Morgan fingerprint density at radius 2 is 1.60 bits per heavy atom. The number of amides is 2. The zero-order chi connectivity index (χ0) is 25.0. The average Bonchev–Trinajstić information content (AvgIpc) is 3.16. The number of aliphatic carboxylic acids is 1. The minimum atomic E-state index is -1.33. The number of hydrogen-bond donors (Lipinski definition) is 3. The molecule has 2 aromatic carbocycles. The highest BCUT2D eigenvalue weighted by Crippen LogP contribution is 2.44. The Morgan fingerprint density at radius 1 is 1.03 bits per heavy atom. The number of ether oxygens (including phenoxy) is 2. The van der Waals surface area contributed by atoms with E-state index < -0.39 is 29.6 Å². The van der Waals surface area contributed by atoms with E-state index in [-0.39, 0.29) is 50.9 Å². The van der Waals surface area contributed by atoms with E-state index >= 15 is 0 Å². The molecule has 0 radical (unpaired) electrons. The monoisotopic (exact) mass is 480 g/mol. The van der Waals surface area contributed by atoms with Crippen molar-refractivity contribution in [2.45, 2.75) is 50.6 Å². The van der Waals surface area contributed by atoms with E-state index in [4.69, 9.17) is 9.47 Å². The van der Waals surface area contributed by atoms with Gasteiger partial charge >= 0.3 is 12.1 Å². The van der Waals surface area contributed by atoms with Gasteiger partial charge in [-0.25, -0.2) is 9.59 Å². The number of rotatable bonds is 8. The molecule has 0 spiro atoms. The van der Waals surface area contributed by atoms with Gasteiger partial charge in [0, 0.05) is 44.4 Å². The van der Waals surface area contributed by atoms with Gasteiger partial charge in [0.2, 0.25) is 5.91 Å². The van der Waals surface area contributed by atoms with Crippen LogP contribution in [0.5, 0.6) is 0 Å². The largest absolute Gasteiger partial charge is 0.480 e. The number of hydrogen-bond acceptors (Lipinski definition) is 5. The van der Waals surface area contributed by atoms with E-state index in [0.29, 0.717) is 0 Å². The summed E-state index contributed by atoms with van der Waals surface area (Å²) >= 11 is 0. The van der Waals surface area contributed by atoms with Crippen LogP contribution >= 0.6 is 0 Å². The second kappa shape index (κ2) is 10.5. The lowest BCUT2D eigenvalue weighted by Gasteiger charge is -2.34. The molecule has 0 aromatic heterocycles. The van der Waals surface area contributed by atoms with Gasteiger partial charge in [-0.2, -0.15) is 0 Å². The second-order valence-electron chi connectivity index (χ2n) is 9.57. The van der Waals surface area contributed by atoms with Gasteiger partial charge in [-0.05, 0) is 28.2 Å². The lowest BCUT2D eigenvalue weighted by molar-refractivity contribution is -0.152. The normalized spacial score (nSPS) is 17.2.